The number of ether oxygens (including phenoxy) is 2. The molecule has 0 aliphatic heterocycles. The Bertz CT molecular complexity index is 1070. The number of hydrogen-bond acceptors (Lipinski definition) is 6. The van der Waals surface area contributed by atoms with Crippen LogP contribution in [-0.4, -0.2) is 17.7 Å². The average Bonchev–Trinajstić information content (AvgIpc) is 2.78. The third-order valence-corrected chi connectivity index (χ3v) is 5.01. The standard InChI is InChI=1S/C25H26O6/c1-3-18(14-17-10-6-5-7-11-17)22-15-21(26)23(25(28)31-22)30-16-19-12-8-9-13-20(19)24(27)29-4-2/h5-13,15,18,26H,3-4,14,16H2,1-2H3. The molecular formula is C25H26O6. The Morgan fingerprint density at radius 2 is 1.77 bits per heavy atom. The molecule has 0 fully saturated rings. The van der Waals surface area contributed by atoms with E-state index in [2.05, 4.69) is 0 Å². The lowest BCUT2D eigenvalue weighted by Gasteiger charge is -2.15. The van der Waals surface area contributed by atoms with E-state index < -0.39 is 11.6 Å². The zero-order valence-corrected chi connectivity index (χ0v) is 17.7. The van der Waals surface area contributed by atoms with Crippen molar-refractivity contribution >= 4 is 5.97 Å². The molecule has 3 rings (SSSR count). The van der Waals surface area contributed by atoms with E-state index in [9.17, 15) is 14.7 Å². The van der Waals surface area contributed by atoms with Crippen LogP contribution >= 0.6 is 0 Å². The SMILES string of the molecule is CCOC(=O)c1ccccc1COc1c(O)cc(C(CC)Cc2ccccc2)oc1=O. The highest BCUT2D eigenvalue weighted by atomic mass is 16.5. The van der Waals surface area contributed by atoms with E-state index in [0.29, 0.717) is 23.3 Å². The maximum atomic E-state index is 12.5. The van der Waals surface area contributed by atoms with Crippen molar-refractivity contribution in [3.63, 3.8) is 0 Å². The van der Waals surface area contributed by atoms with Crippen LogP contribution in [0.25, 0.3) is 0 Å². The molecule has 0 saturated heterocycles. The minimum Gasteiger partial charge on any atom is -0.504 e. The van der Waals surface area contributed by atoms with Gasteiger partial charge in [0.05, 0.1) is 12.2 Å². The van der Waals surface area contributed by atoms with Crippen LogP contribution in [0.3, 0.4) is 0 Å². The quantitative estimate of drug-likeness (QED) is 0.497. The van der Waals surface area contributed by atoms with Crippen LogP contribution in [0.4, 0.5) is 0 Å². The fourth-order valence-electron chi connectivity index (χ4n) is 3.37. The minimum absolute atomic E-state index is 0.0559. The molecule has 31 heavy (non-hydrogen) atoms. The lowest BCUT2D eigenvalue weighted by atomic mass is 9.94. The Kier molecular flexibility index (Phi) is 7.49. The molecule has 1 unspecified atom stereocenters. The topological polar surface area (TPSA) is 86.0 Å². The smallest absolute Gasteiger partial charge is 0.382 e. The predicted molar refractivity (Wildman–Crippen MR) is 117 cm³/mol. The van der Waals surface area contributed by atoms with Crippen LogP contribution in [0.5, 0.6) is 11.5 Å². The van der Waals surface area contributed by atoms with E-state index in [1.807, 2.05) is 37.3 Å². The minimum atomic E-state index is -0.755. The van der Waals surface area contributed by atoms with Crippen LogP contribution in [-0.2, 0) is 17.8 Å². The fraction of sp³-hybridized carbons (Fsp3) is 0.280. The molecular weight excluding hydrogens is 396 g/mol. The van der Waals surface area contributed by atoms with E-state index in [1.54, 1.807) is 31.2 Å². The molecule has 0 spiro atoms. The lowest BCUT2D eigenvalue weighted by molar-refractivity contribution is 0.0523. The van der Waals surface area contributed by atoms with E-state index in [0.717, 1.165) is 12.0 Å². The van der Waals surface area contributed by atoms with Gasteiger partial charge in [0.1, 0.15) is 12.4 Å². The number of aromatic hydroxyl groups is 1. The Morgan fingerprint density at radius 1 is 1.06 bits per heavy atom. The van der Waals surface area contributed by atoms with E-state index in [4.69, 9.17) is 13.9 Å². The summed E-state index contributed by atoms with van der Waals surface area (Å²) in [5.41, 5.74) is 1.25. The fourth-order valence-corrected chi connectivity index (χ4v) is 3.37. The monoisotopic (exact) mass is 422 g/mol. The molecule has 0 saturated carbocycles. The summed E-state index contributed by atoms with van der Waals surface area (Å²) in [5.74, 6) is -0.684. The normalized spacial score (nSPS) is 11.7. The molecule has 6 heteroatoms. The van der Waals surface area contributed by atoms with Crippen molar-refractivity contribution < 1.29 is 23.8 Å². The van der Waals surface area contributed by atoms with Crippen LogP contribution in [0, 0.1) is 0 Å². The first-order chi connectivity index (χ1) is 15.0. The van der Waals surface area contributed by atoms with Gasteiger partial charge in [0, 0.05) is 17.5 Å². The van der Waals surface area contributed by atoms with Crippen molar-refractivity contribution in [1.29, 1.82) is 0 Å². The largest absolute Gasteiger partial charge is 0.504 e. The molecule has 1 heterocycles. The number of carbonyl (C=O) groups is 1. The van der Waals surface area contributed by atoms with Crippen LogP contribution < -0.4 is 10.4 Å². The van der Waals surface area contributed by atoms with Gasteiger partial charge in [-0.1, -0.05) is 55.5 Å². The second kappa shape index (κ2) is 10.5. The molecule has 0 aliphatic rings. The number of carbonyl (C=O) groups excluding carboxylic acids is 1. The van der Waals surface area contributed by atoms with Gasteiger partial charge in [-0.25, -0.2) is 9.59 Å². The number of hydrogen-bond donors (Lipinski definition) is 1. The number of esters is 1. The third-order valence-electron chi connectivity index (χ3n) is 5.01. The first kappa shape index (κ1) is 22.2. The zero-order valence-electron chi connectivity index (χ0n) is 17.7. The summed E-state index contributed by atoms with van der Waals surface area (Å²) in [6, 6.07) is 18.1. The predicted octanol–water partition coefficient (Wildman–Crippen LogP) is 4.84. The van der Waals surface area contributed by atoms with Gasteiger partial charge in [-0.15, -0.1) is 0 Å². The van der Waals surface area contributed by atoms with Gasteiger partial charge in [0.15, 0.2) is 5.75 Å². The van der Waals surface area contributed by atoms with Crippen LogP contribution in [0.1, 0.15) is 53.4 Å². The number of benzene rings is 2. The summed E-state index contributed by atoms with van der Waals surface area (Å²) in [4.78, 5) is 24.6. The molecule has 2 aromatic carbocycles. The maximum Gasteiger partial charge on any atom is 0.382 e. The molecule has 0 amide bonds. The van der Waals surface area contributed by atoms with Gasteiger partial charge in [-0.3, -0.25) is 0 Å². The van der Waals surface area contributed by atoms with Crippen molar-refractivity contribution in [3.8, 4) is 11.5 Å². The summed E-state index contributed by atoms with van der Waals surface area (Å²) in [6.07, 6.45) is 1.43. The van der Waals surface area contributed by atoms with Gasteiger partial charge in [-0.05, 0) is 31.4 Å². The lowest BCUT2D eigenvalue weighted by Crippen LogP contribution is -2.13. The van der Waals surface area contributed by atoms with Crippen molar-refractivity contribution in [1.82, 2.24) is 0 Å². The molecule has 1 aromatic heterocycles. The Balaban J connectivity index is 1.79. The van der Waals surface area contributed by atoms with E-state index in [1.165, 1.54) is 6.07 Å². The first-order valence-corrected chi connectivity index (χ1v) is 10.3. The summed E-state index contributed by atoms with van der Waals surface area (Å²) in [6.45, 7) is 3.89. The third kappa shape index (κ3) is 5.54. The molecule has 1 atom stereocenters. The van der Waals surface area contributed by atoms with Crippen molar-refractivity contribution in [3.05, 3.63) is 93.5 Å². The zero-order chi connectivity index (χ0) is 22.2. The van der Waals surface area contributed by atoms with E-state index in [-0.39, 0.29) is 30.6 Å². The maximum absolute atomic E-state index is 12.5. The van der Waals surface area contributed by atoms with Crippen molar-refractivity contribution in [2.75, 3.05) is 6.61 Å². The summed E-state index contributed by atoms with van der Waals surface area (Å²) >= 11 is 0. The Morgan fingerprint density at radius 3 is 2.45 bits per heavy atom. The Hall–Kier alpha value is -3.54. The molecule has 1 N–H and O–H groups in total. The van der Waals surface area contributed by atoms with Crippen molar-refractivity contribution in [2.45, 2.75) is 39.2 Å². The summed E-state index contributed by atoms with van der Waals surface area (Å²) < 4.78 is 16.1. The van der Waals surface area contributed by atoms with Gasteiger partial charge in [0.25, 0.3) is 0 Å². The summed E-state index contributed by atoms with van der Waals surface area (Å²) in [5, 5.41) is 10.4. The highest BCUT2D eigenvalue weighted by molar-refractivity contribution is 5.91. The summed E-state index contributed by atoms with van der Waals surface area (Å²) in [7, 11) is 0. The van der Waals surface area contributed by atoms with Crippen LogP contribution in [0.15, 0.2) is 69.9 Å². The molecule has 0 radical (unpaired) electrons. The first-order valence-electron chi connectivity index (χ1n) is 10.3. The van der Waals surface area contributed by atoms with Crippen LogP contribution in [0.2, 0.25) is 0 Å². The molecule has 6 nitrogen and oxygen atoms in total. The molecule has 162 valence electrons. The average molecular weight is 422 g/mol. The highest BCUT2D eigenvalue weighted by Crippen LogP contribution is 2.30. The molecule has 0 aliphatic carbocycles. The van der Waals surface area contributed by atoms with E-state index >= 15 is 0 Å². The highest BCUT2D eigenvalue weighted by Gasteiger charge is 2.20. The van der Waals surface area contributed by atoms with Gasteiger partial charge in [-0.2, -0.15) is 0 Å². The van der Waals surface area contributed by atoms with Gasteiger partial charge < -0.3 is 19.0 Å². The second-order valence-corrected chi connectivity index (χ2v) is 7.11. The van der Waals surface area contributed by atoms with Crippen molar-refractivity contribution in [2.24, 2.45) is 0 Å². The number of rotatable bonds is 9. The molecule has 3 aromatic rings. The Labute approximate surface area is 181 Å². The van der Waals surface area contributed by atoms with Gasteiger partial charge >= 0.3 is 11.6 Å². The van der Waals surface area contributed by atoms with Gasteiger partial charge in [0.2, 0.25) is 5.75 Å². The molecule has 0 bridgehead atoms. The second-order valence-electron chi connectivity index (χ2n) is 7.11.